The van der Waals surface area contributed by atoms with E-state index in [0.29, 0.717) is 48.0 Å². The normalized spacial score (nSPS) is 11.6. The van der Waals surface area contributed by atoms with Crippen molar-refractivity contribution >= 4 is 41.5 Å². The van der Waals surface area contributed by atoms with Crippen molar-refractivity contribution in [3.63, 3.8) is 0 Å². The van der Waals surface area contributed by atoms with Crippen LogP contribution in [0.5, 0.6) is 0 Å². The fourth-order valence-electron chi connectivity index (χ4n) is 4.41. The maximum Gasteiger partial charge on any atom is 0.335 e. The Balaban J connectivity index is 0. The Morgan fingerprint density at radius 3 is 1.53 bits per heavy atom. The highest BCUT2D eigenvalue weighted by molar-refractivity contribution is 5.98. The molecule has 2 rings (SSSR count). The topological polar surface area (TPSA) is 186 Å². The molecule has 0 heterocycles. The Morgan fingerprint density at radius 2 is 1.16 bits per heavy atom. The molecule has 304 valence electrons. The van der Waals surface area contributed by atoms with E-state index >= 15 is 0 Å². The fourth-order valence-corrected chi connectivity index (χ4v) is 4.41. The molecule has 0 aromatic heterocycles. The quantitative estimate of drug-likeness (QED) is 0.0639. The molecule has 0 radical (unpaired) electrons. The number of benzene rings is 2. The van der Waals surface area contributed by atoms with Crippen LogP contribution in [0.3, 0.4) is 0 Å². The first-order valence-electron chi connectivity index (χ1n) is 18.0. The lowest BCUT2D eigenvalue weighted by Gasteiger charge is -2.18. The first-order valence-corrected chi connectivity index (χ1v) is 18.0. The van der Waals surface area contributed by atoms with Gasteiger partial charge in [0.1, 0.15) is 0 Å². The summed E-state index contributed by atoms with van der Waals surface area (Å²) < 4.78 is 0. The van der Waals surface area contributed by atoms with Crippen LogP contribution in [0, 0.1) is 0 Å². The van der Waals surface area contributed by atoms with Crippen LogP contribution in [-0.4, -0.2) is 55.4 Å². The molecule has 57 heavy (non-hydrogen) atoms. The van der Waals surface area contributed by atoms with Crippen molar-refractivity contribution in [2.24, 2.45) is 0 Å². The molecular formula is C47H56O10. The van der Waals surface area contributed by atoms with Gasteiger partial charge in [-0.05, 0) is 72.6 Å². The van der Waals surface area contributed by atoms with E-state index in [-0.39, 0.29) is 22.3 Å². The maximum absolute atomic E-state index is 12.4. The van der Waals surface area contributed by atoms with Crippen molar-refractivity contribution < 1.29 is 49.5 Å². The first-order chi connectivity index (χ1) is 27.1. The van der Waals surface area contributed by atoms with Crippen molar-refractivity contribution in [3.05, 3.63) is 181 Å². The molecule has 0 bridgehead atoms. The smallest absolute Gasteiger partial charge is 0.335 e. The molecule has 2 aromatic carbocycles. The fraction of sp³-hybridized carbons (Fsp3) is 0.213. The second-order valence-electron chi connectivity index (χ2n) is 11.9. The number of aliphatic carboxylic acids is 5. The molecule has 0 aliphatic heterocycles. The average molecular weight is 781 g/mol. The summed E-state index contributed by atoms with van der Waals surface area (Å²) in [5.74, 6) is -5.96. The Kier molecular flexibility index (Phi) is 28.9. The van der Waals surface area contributed by atoms with Crippen LogP contribution in [0.15, 0.2) is 170 Å². The van der Waals surface area contributed by atoms with Crippen LogP contribution < -0.4 is 0 Å². The predicted molar refractivity (Wildman–Crippen MR) is 229 cm³/mol. The highest BCUT2D eigenvalue weighted by Gasteiger charge is 2.20. The van der Waals surface area contributed by atoms with E-state index < -0.39 is 36.3 Å². The number of unbranched alkanes of at least 4 members (excludes halogenated alkanes) is 2. The van der Waals surface area contributed by atoms with Crippen LogP contribution in [-0.2, 0) is 24.0 Å². The second kappa shape index (κ2) is 31.5. The lowest BCUT2D eigenvalue weighted by Crippen LogP contribution is -2.09. The molecule has 0 amide bonds. The van der Waals surface area contributed by atoms with Gasteiger partial charge in [0.25, 0.3) is 0 Å². The highest BCUT2D eigenvalue weighted by atomic mass is 16.4. The number of carboxylic acid groups (broad SMARTS) is 5. The van der Waals surface area contributed by atoms with Crippen molar-refractivity contribution in [2.75, 3.05) is 0 Å². The van der Waals surface area contributed by atoms with Gasteiger partial charge in [0, 0.05) is 16.7 Å². The number of hydrogen-bond donors (Lipinski definition) is 5. The Morgan fingerprint density at radius 1 is 0.632 bits per heavy atom. The first kappa shape index (κ1) is 52.3. The average Bonchev–Trinajstić information content (AvgIpc) is 3.19. The van der Waals surface area contributed by atoms with Crippen molar-refractivity contribution in [2.45, 2.75) is 65.7 Å². The SMILES string of the molecule is C=C(CC(=O)O)C(=O)O.C=CC=C.C=CC=CC(C(CCCC)=C(C=C(C)C(=O)O)C(=O)O)=C(C=C(CCCC)C(=O)O)c1ccccc1.C=Cc1ccccc1. The van der Waals surface area contributed by atoms with Gasteiger partial charge in [-0.1, -0.05) is 157 Å². The number of hydrogen-bond acceptors (Lipinski definition) is 5. The molecule has 0 saturated carbocycles. The zero-order valence-electron chi connectivity index (χ0n) is 33.2. The summed E-state index contributed by atoms with van der Waals surface area (Å²) >= 11 is 0. The summed E-state index contributed by atoms with van der Waals surface area (Å²) in [6.45, 7) is 22.4. The van der Waals surface area contributed by atoms with Crippen molar-refractivity contribution in [1.29, 1.82) is 0 Å². The molecule has 0 saturated heterocycles. The van der Waals surface area contributed by atoms with Crippen LogP contribution in [0.25, 0.3) is 11.6 Å². The molecule has 0 aliphatic carbocycles. The summed E-state index contributed by atoms with van der Waals surface area (Å²) in [5.41, 5.74) is 3.04. The standard InChI is InChI=1S/C30H36O6.C8H8.C5H6O4.C4H6/c1-5-8-14-23(29(33)34)20-26(22-15-12-11-13-16-22)24(17-9-6-2)25(18-10-7-3)27(30(35)36)19-21(4)28(31)32;1-2-8-6-4-3-5-7-8;1-3(5(8)9)2-4(6)7;1-3-4-2/h6,9,11-13,15-17,19-20H,2,5,7-8,10,14,18H2,1,3-4H3,(H,31,32)(H,33,34)(H,35,36);2-7H,1H2;1-2H2,(H,6,7)(H,8,9);3-4H,1-2H2. The molecule has 10 nitrogen and oxygen atoms in total. The molecule has 0 aliphatic rings. The van der Waals surface area contributed by atoms with Gasteiger partial charge in [-0.25, -0.2) is 19.2 Å². The number of carbonyl (C=O) groups is 5. The van der Waals surface area contributed by atoms with Gasteiger partial charge >= 0.3 is 29.8 Å². The maximum atomic E-state index is 12.4. The minimum Gasteiger partial charge on any atom is -0.481 e. The molecule has 10 heteroatoms. The molecule has 2 aromatic rings. The largest absolute Gasteiger partial charge is 0.481 e. The van der Waals surface area contributed by atoms with Crippen LogP contribution >= 0.6 is 0 Å². The predicted octanol–water partition coefficient (Wildman–Crippen LogP) is 10.8. The van der Waals surface area contributed by atoms with Gasteiger partial charge < -0.3 is 25.5 Å². The summed E-state index contributed by atoms with van der Waals surface area (Å²) in [6.07, 6.45) is 16.0. The zero-order chi connectivity index (χ0) is 43.8. The molecular weight excluding hydrogens is 725 g/mol. The second-order valence-corrected chi connectivity index (χ2v) is 11.9. The van der Waals surface area contributed by atoms with Gasteiger partial charge in [-0.2, -0.15) is 0 Å². The van der Waals surface area contributed by atoms with E-state index in [9.17, 15) is 39.3 Å². The molecule has 0 unspecified atom stereocenters. The summed E-state index contributed by atoms with van der Waals surface area (Å²) in [5, 5.41) is 45.5. The number of allylic oxidation sites excluding steroid dienone is 9. The summed E-state index contributed by atoms with van der Waals surface area (Å²) in [6, 6.07) is 19.2. The lowest BCUT2D eigenvalue weighted by molar-refractivity contribution is -0.139. The van der Waals surface area contributed by atoms with E-state index in [1.54, 1.807) is 36.5 Å². The third-order valence-corrected chi connectivity index (χ3v) is 7.40. The molecule has 5 N–H and O–H groups in total. The summed E-state index contributed by atoms with van der Waals surface area (Å²) in [4.78, 5) is 55.7. The Hall–Kier alpha value is -6.81. The number of carboxylic acids is 5. The van der Waals surface area contributed by atoms with E-state index in [2.05, 4.69) is 32.9 Å². The van der Waals surface area contributed by atoms with Crippen molar-refractivity contribution in [1.82, 2.24) is 0 Å². The van der Waals surface area contributed by atoms with Crippen LogP contribution in [0.1, 0.15) is 76.8 Å². The minimum absolute atomic E-state index is 0.112. The van der Waals surface area contributed by atoms with Gasteiger partial charge in [-0.15, -0.1) is 0 Å². The monoisotopic (exact) mass is 780 g/mol. The van der Waals surface area contributed by atoms with E-state index in [4.69, 9.17) is 10.2 Å². The molecule has 0 atom stereocenters. The zero-order valence-corrected chi connectivity index (χ0v) is 33.2. The number of rotatable bonds is 20. The van der Waals surface area contributed by atoms with Crippen LogP contribution in [0.2, 0.25) is 0 Å². The Bertz CT molecular complexity index is 1830. The highest BCUT2D eigenvalue weighted by Crippen LogP contribution is 2.33. The van der Waals surface area contributed by atoms with E-state index in [0.717, 1.165) is 12.8 Å². The van der Waals surface area contributed by atoms with Gasteiger partial charge in [0.2, 0.25) is 0 Å². The molecule has 0 spiro atoms. The molecule has 0 fully saturated rings. The van der Waals surface area contributed by atoms with E-state index in [1.807, 2.05) is 80.6 Å². The Labute approximate surface area is 336 Å². The third-order valence-electron chi connectivity index (χ3n) is 7.40. The minimum atomic E-state index is -1.27. The summed E-state index contributed by atoms with van der Waals surface area (Å²) in [7, 11) is 0. The van der Waals surface area contributed by atoms with Crippen LogP contribution in [0.4, 0.5) is 0 Å². The van der Waals surface area contributed by atoms with E-state index in [1.165, 1.54) is 18.6 Å². The van der Waals surface area contributed by atoms with Crippen molar-refractivity contribution in [3.8, 4) is 0 Å². The van der Waals surface area contributed by atoms with Gasteiger partial charge in [0.15, 0.2) is 0 Å². The third kappa shape index (κ3) is 23.6. The lowest BCUT2D eigenvalue weighted by atomic mass is 9.86. The van der Waals surface area contributed by atoms with Gasteiger partial charge in [-0.3, -0.25) is 4.79 Å². The van der Waals surface area contributed by atoms with Gasteiger partial charge in [0.05, 0.1) is 12.0 Å².